The minimum atomic E-state index is -4.95. The highest BCUT2D eigenvalue weighted by Crippen LogP contribution is 2.45. The van der Waals surface area contributed by atoms with Crippen LogP contribution in [-0.4, -0.2) is 96.7 Å². The molecule has 2 unspecified atom stereocenters. The van der Waals surface area contributed by atoms with Crippen molar-refractivity contribution >= 4 is 39.5 Å². The lowest BCUT2D eigenvalue weighted by atomic mass is 10.0. The number of rotatable bonds is 73. The molecule has 0 fully saturated rings. The molecule has 3 N–H and O–H groups in total. The maximum Gasteiger partial charge on any atom is 0.472 e. The summed E-state index contributed by atoms with van der Waals surface area (Å²) in [6, 6.07) is 0. The van der Waals surface area contributed by atoms with Gasteiger partial charge in [-0.2, -0.15) is 0 Å². The fourth-order valence-corrected chi connectivity index (χ4v) is 12.9. The third-order valence-electron chi connectivity index (χ3n) is 17.2. The number of hydrogen-bond donors (Lipinski definition) is 3. The molecule has 0 amide bonds. The van der Waals surface area contributed by atoms with Gasteiger partial charge in [0.05, 0.1) is 26.4 Å². The van der Waals surface area contributed by atoms with Crippen molar-refractivity contribution in [3.63, 3.8) is 0 Å². The van der Waals surface area contributed by atoms with Gasteiger partial charge in [-0.15, -0.1) is 0 Å². The van der Waals surface area contributed by atoms with E-state index < -0.39 is 97.5 Å². The average molecular weight is 1370 g/mol. The molecule has 5 atom stereocenters. The van der Waals surface area contributed by atoms with Crippen LogP contribution >= 0.6 is 15.6 Å². The summed E-state index contributed by atoms with van der Waals surface area (Å²) in [5.74, 6) is -0.641. The molecule has 0 aliphatic heterocycles. The van der Waals surface area contributed by atoms with E-state index in [0.717, 1.165) is 102 Å². The van der Waals surface area contributed by atoms with E-state index in [2.05, 4.69) is 41.5 Å². The number of phosphoric acid groups is 2. The Morgan fingerprint density at radius 1 is 0.290 bits per heavy atom. The summed E-state index contributed by atoms with van der Waals surface area (Å²) in [7, 11) is -9.90. The zero-order valence-corrected chi connectivity index (χ0v) is 62.3. The molecule has 0 saturated carbocycles. The number of aliphatic hydroxyl groups excluding tert-OH is 1. The SMILES string of the molecule is CCCCCCCCCCCCCCCCCCCCCCC(=O)O[C@H](COC(=O)CCCCCCCCCCCC(C)C)COP(=O)(O)OC[C@@H](O)COP(=O)(O)OC[C@@H](COC(=O)CCCCCCCCCCC)OC(=O)CCCCCCCCCCCC(C)C. The third kappa shape index (κ3) is 68.4. The molecule has 0 aliphatic rings. The summed E-state index contributed by atoms with van der Waals surface area (Å²) in [5, 5.41) is 10.6. The van der Waals surface area contributed by atoms with Gasteiger partial charge in [-0.3, -0.25) is 37.3 Å². The topological polar surface area (TPSA) is 237 Å². The highest BCUT2D eigenvalue weighted by molar-refractivity contribution is 7.47. The van der Waals surface area contributed by atoms with Gasteiger partial charge in [-0.1, -0.05) is 330 Å². The first-order chi connectivity index (χ1) is 44.9. The fourth-order valence-electron chi connectivity index (χ4n) is 11.3. The summed E-state index contributed by atoms with van der Waals surface area (Å²) >= 11 is 0. The lowest BCUT2D eigenvalue weighted by Crippen LogP contribution is -2.30. The predicted octanol–water partition coefficient (Wildman–Crippen LogP) is 21.6. The molecule has 0 rings (SSSR count). The molecule has 0 saturated heterocycles. The number of carbonyl (C=O) groups is 4. The number of unbranched alkanes of at least 4 members (excludes halogenated alkanes) is 43. The van der Waals surface area contributed by atoms with Crippen molar-refractivity contribution < 1.29 is 80.2 Å². The molecular weight excluding hydrogens is 1220 g/mol. The van der Waals surface area contributed by atoms with Crippen LogP contribution in [0, 0.1) is 11.8 Å². The van der Waals surface area contributed by atoms with Gasteiger partial charge in [0.2, 0.25) is 0 Å². The van der Waals surface area contributed by atoms with Crippen molar-refractivity contribution in [3.8, 4) is 0 Å². The Hall–Kier alpha value is -1.94. The molecule has 552 valence electrons. The van der Waals surface area contributed by atoms with Crippen molar-refractivity contribution in [2.24, 2.45) is 11.8 Å². The van der Waals surface area contributed by atoms with Gasteiger partial charge in [-0.05, 0) is 37.5 Å². The monoisotopic (exact) mass is 1370 g/mol. The smallest absolute Gasteiger partial charge is 0.462 e. The Balaban J connectivity index is 5.19. The van der Waals surface area contributed by atoms with E-state index in [0.29, 0.717) is 25.7 Å². The molecule has 0 aromatic heterocycles. The molecule has 17 nitrogen and oxygen atoms in total. The van der Waals surface area contributed by atoms with Gasteiger partial charge >= 0.3 is 39.5 Å². The van der Waals surface area contributed by atoms with Gasteiger partial charge in [0, 0.05) is 25.7 Å². The quantitative estimate of drug-likeness (QED) is 0.0222. The molecule has 0 heterocycles. The highest BCUT2D eigenvalue weighted by Gasteiger charge is 2.30. The fraction of sp³-hybridized carbons (Fsp3) is 0.946. The van der Waals surface area contributed by atoms with E-state index in [1.807, 2.05) is 0 Å². The zero-order valence-electron chi connectivity index (χ0n) is 60.6. The lowest BCUT2D eigenvalue weighted by molar-refractivity contribution is -0.161. The van der Waals surface area contributed by atoms with E-state index >= 15 is 0 Å². The van der Waals surface area contributed by atoms with E-state index in [-0.39, 0.29) is 25.7 Å². The minimum absolute atomic E-state index is 0.105. The number of hydrogen-bond acceptors (Lipinski definition) is 15. The van der Waals surface area contributed by atoms with E-state index in [9.17, 15) is 43.2 Å². The van der Waals surface area contributed by atoms with Crippen molar-refractivity contribution in [1.29, 1.82) is 0 Å². The average Bonchev–Trinajstić information content (AvgIpc) is 1.86. The van der Waals surface area contributed by atoms with E-state index in [4.69, 9.17) is 37.0 Å². The van der Waals surface area contributed by atoms with Gasteiger partial charge < -0.3 is 33.8 Å². The third-order valence-corrected chi connectivity index (χ3v) is 19.1. The first kappa shape index (κ1) is 91.1. The van der Waals surface area contributed by atoms with Crippen molar-refractivity contribution in [1.82, 2.24) is 0 Å². The van der Waals surface area contributed by atoms with E-state index in [1.54, 1.807) is 0 Å². The largest absolute Gasteiger partial charge is 0.472 e. The summed E-state index contributed by atoms with van der Waals surface area (Å²) in [5.41, 5.74) is 0. The maximum absolute atomic E-state index is 13.1. The van der Waals surface area contributed by atoms with Crippen LogP contribution < -0.4 is 0 Å². The Labute approximate surface area is 568 Å². The standard InChI is InChI=1S/C74H144O17P2/c1-7-9-11-13-15-17-18-19-20-21-22-23-24-25-26-27-33-40-46-52-58-73(78)90-70(63-85-72(77)57-51-45-39-34-28-31-36-42-48-54-66(3)4)65-89-93(82,83)87-61-68(75)60-86-92(80,81)88-64-69(62-84-71(76)56-50-44-38-30-16-14-12-10-8-2)91-74(79)59-53-47-41-35-29-32-37-43-49-55-67(5)6/h66-70,75H,7-65H2,1-6H3,(H,80,81)(H,82,83)/t68-,69+,70+/m0/s1. The summed E-state index contributed by atoms with van der Waals surface area (Å²) in [4.78, 5) is 72.6. The van der Waals surface area contributed by atoms with Gasteiger partial charge in [0.1, 0.15) is 19.3 Å². The number of carbonyl (C=O) groups excluding carboxylic acids is 4. The summed E-state index contributed by atoms with van der Waals surface area (Å²) < 4.78 is 68.4. The molecule has 0 bridgehead atoms. The van der Waals surface area contributed by atoms with Crippen LogP contribution in [0.5, 0.6) is 0 Å². The Bertz CT molecular complexity index is 1800. The molecule has 0 aromatic carbocycles. The molecule has 0 radical (unpaired) electrons. The van der Waals surface area contributed by atoms with Crippen LogP contribution in [0.1, 0.15) is 382 Å². The van der Waals surface area contributed by atoms with Crippen molar-refractivity contribution in [2.75, 3.05) is 39.6 Å². The Morgan fingerprint density at radius 2 is 0.495 bits per heavy atom. The number of esters is 4. The van der Waals surface area contributed by atoms with Crippen LogP contribution in [0.25, 0.3) is 0 Å². The molecule has 93 heavy (non-hydrogen) atoms. The van der Waals surface area contributed by atoms with Crippen LogP contribution in [0.2, 0.25) is 0 Å². The second kappa shape index (κ2) is 66.0. The van der Waals surface area contributed by atoms with Crippen LogP contribution in [0.15, 0.2) is 0 Å². The predicted molar refractivity (Wildman–Crippen MR) is 377 cm³/mol. The Kier molecular flexibility index (Phi) is 64.6. The zero-order chi connectivity index (χ0) is 68.6. The van der Waals surface area contributed by atoms with Gasteiger partial charge in [-0.25, -0.2) is 9.13 Å². The first-order valence-corrected chi connectivity index (χ1v) is 41.5. The first-order valence-electron chi connectivity index (χ1n) is 38.5. The second-order valence-corrected chi connectivity index (χ2v) is 30.5. The summed E-state index contributed by atoms with van der Waals surface area (Å²) in [6.45, 7) is 9.52. The van der Waals surface area contributed by atoms with Gasteiger partial charge in [0.25, 0.3) is 0 Å². The highest BCUT2D eigenvalue weighted by atomic mass is 31.2. The molecular formula is C74H144O17P2. The minimum Gasteiger partial charge on any atom is -0.462 e. The molecule has 0 spiro atoms. The molecule has 0 aliphatic carbocycles. The number of aliphatic hydroxyl groups is 1. The number of phosphoric ester groups is 2. The Morgan fingerprint density at radius 3 is 0.731 bits per heavy atom. The lowest BCUT2D eigenvalue weighted by Gasteiger charge is -2.21. The van der Waals surface area contributed by atoms with Crippen LogP contribution in [0.3, 0.4) is 0 Å². The molecule has 0 aromatic rings. The van der Waals surface area contributed by atoms with Crippen LogP contribution in [0.4, 0.5) is 0 Å². The van der Waals surface area contributed by atoms with E-state index in [1.165, 1.54) is 199 Å². The maximum atomic E-state index is 13.1. The second-order valence-electron chi connectivity index (χ2n) is 27.6. The summed E-state index contributed by atoms with van der Waals surface area (Å²) in [6.07, 6.45) is 52.9. The van der Waals surface area contributed by atoms with Crippen LogP contribution in [-0.2, 0) is 65.4 Å². The van der Waals surface area contributed by atoms with Crippen molar-refractivity contribution in [3.05, 3.63) is 0 Å². The van der Waals surface area contributed by atoms with Crippen molar-refractivity contribution in [2.45, 2.75) is 400 Å². The number of ether oxygens (including phenoxy) is 4. The molecule has 19 heteroatoms. The van der Waals surface area contributed by atoms with Gasteiger partial charge in [0.15, 0.2) is 12.2 Å². The normalized spacial score (nSPS) is 14.1.